The maximum absolute atomic E-state index is 6.40. The van der Waals surface area contributed by atoms with Gasteiger partial charge in [0.25, 0.3) is 0 Å². The van der Waals surface area contributed by atoms with Crippen molar-refractivity contribution in [3.63, 3.8) is 0 Å². The molecule has 2 unspecified atom stereocenters. The quantitative estimate of drug-likeness (QED) is 0.801. The molecule has 17 heavy (non-hydrogen) atoms. The summed E-state index contributed by atoms with van der Waals surface area (Å²) in [6, 6.07) is 0.400. The van der Waals surface area contributed by atoms with E-state index in [9.17, 15) is 0 Å². The highest BCUT2D eigenvalue weighted by atomic mass is 15.1. The standard InChI is InChI=1S/C15H30N2/c1-14(2)7-9-17(10-8-14)11-12-5-6-15(3,4)13(12)16/h12-13H,5-11,16H2,1-4H3. The summed E-state index contributed by atoms with van der Waals surface area (Å²) in [5.74, 6) is 0.728. The summed E-state index contributed by atoms with van der Waals surface area (Å²) >= 11 is 0. The number of nitrogens with zero attached hydrogens (tertiary/aromatic N) is 1. The van der Waals surface area contributed by atoms with Gasteiger partial charge in [0.2, 0.25) is 0 Å². The summed E-state index contributed by atoms with van der Waals surface area (Å²) in [4.78, 5) is 2.65. The molecule has 0 aromatic heterocycles. The Morgan fingerprint density at radius 3 is 2.12 bits per heavy atom. The predicted octanol–water partition coefficient (Wildman–Crippen LogP) is 2.87. The minimum atomic E-state index is 0.361. The van der Waals surface area contributed by atoms with Crippen LogP contribution in [0.4, 0.5) is 0 Å². The number of likely N-dealkylation sites (tertiary alicyclic amines) is 1. The number of piperidine rings is 1. The van der Waals surface area contributed by atoms with Crippen molar-refractivity contribution in [3.8, 4) is 0 Å². The summed E-state index contributed by atoms with van der Waals surface area (Å²) in [7, 11) is 0. The molecule has 2 nitrogen and oxygen atoms in total. The van der Waals surface area contributed by atoms with Crippen molar-refractivity contribution in [2.75, 3.05) is 19.6 Å². The Kier molecular flexibility index (Phi) is 3.57. The fourth-order valence-electron chi connectivity index (χ4n) is 3.42. The summed E-state index contributed by atoms with van der Waals surface area (Å²) in [6.07, 6.45) is 5.32. The highest BCUT2D eigenvalue weighted by Gasteiger charge is 2.40. The molecule has 2 rings (SSSR count). The first-order valence-electron chi connectivity index (χ1n) is 7.28. The van der Waals surface area contributed by atoms with E-state index < -0.39 is 0 Å². The van der Waals surface area contributed by atoms with Crippen molar-refractivity contribution in [1.29, 1.82) is 0 Å². The van der Waals surface area contributed by atoms with Gasteiger partial charge in [-0.2, -0.15) is 0 Å². The van der Waals surface area contributed by atoms with Crippen LogP contribution in [-0.2, 0) is 0 Å². The van der Waals surface area contributed by atoms with Crippen molar-refractivity contribution in [2.45, 2.75) is 59.4 Å². The first-order chi connectivity index (χ1) is 7.80. The van der Waals surface area contributed by atoms with Gasteiger partial charge in [0, 0.05) is 12.6 Å². The Bertz CT molecular complexity index is 260. The number of hydrogen-bond acceptors (Lipinski definition) is 2. The monoisotopic (exact) mass is 238 g/mol. The number of hydrogen-bond donors (Lipinski definition) is 1. The first kappa shape index (κ1) is 13.4. The molecule has 0 aromatic rings. The molecule has 1 saturated carbocycles. The van der Waals surface area contributed by atoms with E-state index in [4.69, 9.17) is 5.73 Å². The van der Waals surface area contributed by atoms with E-state index in [0.29, 0.717) is 16.9 Å². The maximum atomic E-state index is 6.40. The van der Waals surface area contributed by atoms with Gasteiger partial charge in [-0.1, -0.05) is 27.7 Å². The van der Waals surface area contributed by atoms with E-state index in [1.807, 2.05) is 0 Å². The number of rotatable bonds is 2. The van der Waals surface area contributed by atoms with E-state index in [2.05, 4.69) is 32.6 Å². The van der Waals surface area contributed by atoms with Crippen LogP contribution in [-0.4, -0.2) is 30.6 Å². The van der Waals surface area contributed by atoms with Crippen molar-refractivity contribution < 1.29 is 0 Å². The third kappa shape index (κ3) is 3.03. The molecule has 2 aliphatic rings. The van der Waals surface area contributed by atoms with Gasteiger partial charge in [0.1, 0.15) is 0 Å². The molecule has 100 valence electrons. The molecule has 1 aliphatic carbocycles. The molecule has 2 atom stereocenters. The van der Waals surface area contributed by atoms with Crippen molar-refractivity contribution >= 4 is 0 Å². The molecular weight excluding hydrogens is 208 g/mol. The molecule has 2 heteroatoms. The Morgan fingerprint density at radius 2 is 1.65 bits per heavy atom. The van der Waals surface area contributed by atoms with Gasteiger partial charge in [-0.15, -0.1) is 0 Å². The summed E-state index contributed by atoms with van der Waals surface area (Å²) in [5, 5.41) is 0. The minimum Gasteiger partial charge on any atom is -0.327 e. The van der Waals surface area contributed by atoms with Crippen LogP contribution in [0, 0.1) is 16.7 Å². The average molecular weight is 238 g/mol. The Morgan fingerprint density at radius 1 is 1.06 bits per heavy atom. The van der Waals surface area contributed by atoms with Crippen LogP contribution in [0.25, 0.3) is 0 Å². The smallest absolute Gasteiger partial charge is 0.0131 e. The van der Waals surface area contributed by atoms with E-state index in [-0.39, 0.29) is 0 Å². The minimum absolute atomic E-state index is 0.361. The second-order valence-corrected chi connectivity index (χ2v) is 7.78. The van der Waals surface area contributed by atoms with E-state index in [0.717, 1.165) is 5.92 Å². The molecular formula is C15H30N2. The van der Waals surface area contributed by atoms with Crippen molar-refractivity contribution in [3.05, 3.63) is 0 Å². The lowest BCUT2D eigenvalue weighted by Crippen LogP contribution is -2.45. The van der Waals surface area contributed by atoms with Crippen molar-refractivity contribution in [1.82, 2.24) is 4.90 Å². The zero-order chi connectivity index (χ0) is 12.7. The molecule has 0 spiro atoms. The van der Waals surface area contributed by atoms with Crippen molar-refractivity contribution in [2.24, 2.45) is 22.5 Å². The van der Waals surface area contributed by atoms with Crippen LogP contribution in [0.1, 0.15) is 53.4 Å². The largest absolute Gasteiger partial charge is 0.327 e. The molecule has 0 aromatic carbocycles. The molecule has 1 saturated heterocycles. The fraction of sp³-hybridized carbons (Fsp3) is 1.00. The topological polar surface area (TPSA) is 29.3 Å². The molecule has 2 fully saturated rings. The maximum Gasteiger partial charge on any atom is 0.0131 e. The highest BCUT2D eigenvalue weighted by molar-refractivity contribution is 4.95. The molecule has 0 amide bonds. The molecule has 0 radical (unpaired) electrons. The van der Waals surface area contributed by atoms with Crippen LogP contribution < -0.4 is 5.73 Å². The zero-order valence-corrected chi connectivity index (χ0v) is 12.1. The Labute approximate surface area is 107 Å². The fourth-order valence-corrected chi connectivity index (χ4v) is 3.42. The van der Waals surface area contributed by atoms with E-state index in [1.54, 1.807) is 0 Å². The van der Waals surface area contributed by atoms with Gasteiger partial charge in [-0.25, -0.2) is 0 Å². The van der Waals surface area contributed by atoms with Crippen LogP contribution in [0.3, 0.4) is 0 Å². The predicted molar refractivity (Wildman–Crippen MR) is 73.9 cm³/mol. The Balaban J connectivity index is 1.83. The SMILES string of the molecule is CC1(C)CCN(CC2CCC(C)(C)C2N)CC1. The summed E-state index contributed by atoms with van der Waals surface area (Å²) in [6.45, 7) is 13.2. The molecule has 2 N–H and O–H groups in total. The summed E-state index contributed by atoms with van der Waals surface area (Å²) in [5.41, 5.74) is 7.32. The molecule has 0 bridgehead atoms. The lowest BCUT2D eigenvalue weighted by molar-refractivity contribution is 0.111. The average Bonchev–Trinajstić information content (AvgIpc) is 2.48. The second-order valence-electron chi connectivity index (χ2n) is 7.78. The molecule has 1 heterocycles. The van der Waals surface area contributed by atoms with E-state index >= 15 is 0 Å². The van der Waals surface area contributed by atoms with Crippen LogP contribution in [0.5, 0.6) is 0 Å². The van der Waals surface area contributed by atoms with Crippen LogP contribution >= 0.6 is 0 Å². The van der Waals surface area contributed by atoms with Gasteiger partial charge < -0.3 is 10.6 Å². The highest BCUT2D eigenvalue weighted by Crippen LogP contribution is 2.41. The van der Waals surface area contributed by atoms with E-state index in [1.165, 1.54) is 45.3 Å². The third-order valence-electron chi connectivity index (χ3n) is 5.27. The van der Waals surface area contributed by atoms with Gasteiger partial charge in [0.15, 0.2) is 0 Å². The van der Waals surface area contributed by atoms with Gasteiger partial charge >= 0.3 is 0 Å². The van der Waals surface area contributed by atoms with Crippen LogP contribution in [0.15, 0.2) is 0 Å². The molecule has 1 aliphatic heterocycles. The second kappa shape index (κ2) is 4.55. The number of nitrogens with two attached hydrogens (primary N) is 1. The zero-order valence-electron chi connectivity index (χ0n) is 12.1. The van der Waals surface area contributed by atoms with Gasteiger partial charge in [-0.05, 0) is 55.5 Å². The lowest BCUT2D eigenvalue weighted by Gasteiger charge is -2.39. The normalized spacial score (nSPS) is 37.2. The van der Waals surface area contributed by atoms with Gasteiger partial charge in [0.05, 0.1) is 0 Å². The Hall–Kier alpha value is -0.0800. The third-order valence-corrected chi connectivity index (χ3v) is 5.27. The lowest BCUT2D eigenvalue weighted by atomic mass is 9.82. The van der Waals surface area contributed by atoms with Gasteiger partial charge in [-0.3, -0.25) is 0 Å². The summed E-state index contributed by atoms with van der Waals surface area (Å²) < 4.78 is 0. The van der Waals surface area contributed by atoms with Crippen LogP contribution in [0.2, 0.25) is 0 Å². The first-order valence-corrected chi connectivity index (χ1v) is 7.28.